The van der Waals surface area contributed by atoms with Crippen molar-refractivity contribution in [1.29, 1.82) is 0 Å². The first kappa shape index (κ1) is 17.4. The molecule has 0 spiro atoms. The summed E-state index contributed by atoms with van der Waals surface area (Å²) < 4.78 is 18.5. The lowest BCUT2D eigenvalue weighted by atomic mass is 10.1. The number of H-pyrrole nitrogens is 1. The molecule has 0 saturated carbocycles. The second kappa shape index (κ2) is 6.95. The number of pyridine rings is 1. The van der Waals surface area contributed by atoms with Crippen LogP contribution in [-0.4, -0.2) is 37.1 Å². The number of aromatic amines is 1. The molecule has 28 heavy (non-hydrogen) atoms. The number of nitrogens with two attached hydrogens (primary N) is 1. The minimum Gasteiger partial charge on any atom is -0.493 e. The molecule has 0 bridgehead atoms. The third kappa shape index (κ3) is 3.20. The van der Waals surface area contributed by atoms with Crippen LogP contribution in [0.2, 0.25) is 0 Å². The van der Waals surface area contributed by atoms with Crippen LogP contribution in [0.5, 0.6) is 11.8 Å². The number of hydrogen-bond acceptors (Lipinski definition) is 7. The number of imidazole rings is 1. The molecule has 0 atom stereocenters. The highest BCUT2D eigenvalue weighted by atomic mass is 19.1. The van der Waals surface area contributed by atoms with Gasteiger partial charge in [0, 0.05) is 23.5 Å². The highest BCUT2D eigenvalue weighted by Gasteiger charge is 2.18. The second-order valence-corrected chi connectivity index (χ2v) is 5.87. The fourth-order valence-corrected chi connectivity index (χ4v) is 2.75. The third-order valence-corrected chi connectivity index (χ3v) is 4.10. The average Bonchev–Trinajstić information content (AvgIpc) is 3.14. The molecular formula is C19H15FN6O2. The molecule has 0 aliphatic rings. The van der Waals surface area contributed by atoms with Gasteiger partial charge in [-0.3, -0.25) is 0 Å². The number of anilines is 1. The van der Waals surface area contributed by atoms with E-state index in [1.54, 1.807) is 30.5 Å². The Morgan fingerprint density at radius 3 is 2.57 bits per heavy atom. The van der Waals surface area contributed by atoms with Crippen molar-refractivity contribution in [2.75, 3.05) is 12.8 Å². The zero-order valence-electron chi connectivity index (χ0n) is 14.7. The van der Waals surface area contributed by atoms with Gasteiger partial charge in [0.1, 0.15) is 17.3 Å². The van der Waals surface area contributed by atoms with Gasteiger partial charge in [0.25, 0.3) is 0 Å². The van der Waals surface area contributed by atoms with Gasteiger partial charge in [-0.15, -0.1) is 0 Å². The van der Waals surface area contributed by atoms with Gasteiger partial charge >= 0.3 is 6.01 Å². The van der Waals surface area contributed by atoms with E-state index in [1.807, 2.05) is 0 Å². The molecule has 1 aromatic carbocycles. The van der Waals surface area contributed by atoms with Gasteiger partial charge in [0.15, 0.2) is 11.6 Å². The lowest BCUT2D eigenvalue weighted by Gasteiger charge is -2.07. The summed E-state index contributed by atoms with van der Waals surface area (Å²) in [6.45, 7) is 0. The Hall–Kier alpha value is -4.01. The lowest BCUT2D eigenvalue weighted by Crippen LogP contribution is -1.96. The Morgan fingerprint density at radius 1 is 1.07 bits per heavy atom. The van der Waals surface area contributed by atoms with E-state index in [2.05, 4.69) is 24.9 Å². The predicted octanol–water partition coefficient (Wildman–Crippen LogP) is 3.03. The Kier molecular flexibility index (Phi) is 4.32. The van der Waals surface area contributed by atoms with Crippen molar-refractivity contribution >= 4 is 5.82 Å². The normalized spacial score (nSPS) is 10.8. The van der Waals surface area contributed by atoms with E-state index >= 15 is 0 Å². The highest BCUT2D eigenvalue weighted by Crippen LogP contribution is 2.34. The molecule has 3 aromatic heterocycles. The Bertz CT molecular complexity index is 1140. The number of benzene rings is 1. The van der Waals surface area contributed by atoms with Crippen LogP contribution in [-0.2, 0) is 0 Å². The maximum absolute atomic E-state index is 13.3. The van der Waals surface area contributed by atoms with Crippen LogP contribution < -0.4 is 10.5 Å². The molecule has 140 valence electrons. The third-order valence-electron chi connectivity index (χ3n) is 4.10. The minimum absolute atomic E-state index is 0.255. The van der Waals surface area contributed by atoms with E-state index in [1.165, 1.54) is 25.4 Å². The first-order valence-electron chi connectivity index (χ1n) is 8.23. The van der Waals surface area contributed by atoms with E-state index in [-0.39, 0.29) is 17.6 Å². The van der Waals surface area contributed by atoms with Crippen molar-refractivity contribution in [3.05, 3.63) is 54.6 Å². The van der Waals surface area contributed by atoms with Crippen molar-refractivity contribution in [3.63, 3.8) is 0 Å². The van der Waals surface area contributed by atoms with Gasteiger partial charge < -0.3 is 20.6 Å². The molecular weight excluding hydrogens is 363 g/mol. The summed E-state index contributed by atoms with van der Waals surface area (Å²) in [5.41, 5.74) is 8.60. The second-order valence-electron chi connectivity index (χ2n) is 5.87. The van der Waals surface area contributed by atoms with Crippen LogP contribution in [0.4, 0.5) is 10.2 Å². The number of nitrogen functional groups attached to an aromatic ring is 1. The molecule has 0 aliphatic carbocycles. The van der Waals surface area contributed by atoms with Crippen LogP contribution in [0.25, 0.3) is 34.0 Å². The first-order valence-corrected chi connectivity index (χ1v) is 8.23. The predicted molar refractivity (Wildman–Crippen MR) is 101 cm³/mol. The molecule has 4 aromatic rings. The summed E-state index contributed by atoms with van der Waals surface area (Å²) in [6.07, 6.45) is 3.00. The summed E-state index contributed by atoms with van der Waals surface area (Å²) in [6, 6.07) is 8.89. The standard InChI is InChI=1S/C19H15FN6O2/c1-28-14-8-11(9-23-17(14)21)15-16(13-6-7-22-19(27)24-13)26-18(25-15)10-2-4-12(20)5-3-10/h2-9H,1H3,(H2,21,23)(H,25,26)(H,22,24,27). The molecule has 4 N–H and O–H groups in total. The highest BCUT2D eigenvalue weighted by molar-refractivity contribution is 5.80. The SMILES string of the molecule is COc1cc(-c2[nH]c(-c3ccc(F)cc3)nc2-c2ccnc(O)n2)cnc1N. The monoisotopic (exact) mass is 378 g/mol. The molecule has 9 heteroatoms. The number of ether oxygens (including phenoxy) is 1. The number of halogens is 1. The number of rotatable bonds is 4. The molecule has 8 nitrogen and oxygen atoms in total. The zero-order chi connectivity index (χ0) is 19.7. The maximum atomic E-state index is 13.3. The van der Waals surface area contributed by atoms with Crippen molar-refractivity contribution < 1.29 is 14.2 Å². The molecule has 0 aliphatic heterocycles. The zero-order valence-corrected chi connectivity index (χ0v) is 14.7. The van der Waals surface area contributed by atoms with E-state index in [0.29, 0.717) is 39.8 Å². The maximum Gasteiger partial charge on any atom is 0.314 e. The molecule has 0 amide bonds. The Morgan fingerprint density at radius 2 is 1.86 bits per heavy atom. The topological polar surface area (TPSA) is 123 Å². The van der Waals surface area contributed by atoms with Crippen molar-refractivity contribution in [3.8, 4) is 45.8 Å². The summed E-state index contributed by atoms with van der Waals surface area (Å²) >= 11 is 0. The number of hydrogen-bond donors (Lipinski definition) is 3. The fraction of sp³-hybridized carbons (Fsp3) is 0.0526. The summed E-state index contributed by atoms with van der Waals surface area (Å²) in [4.78, 5) is 19.7. The average molecular weight is 378 g/mol. The number of nitrogens with one attached hydrogen (secondary N) is 1. The van der Waals surface area contributed by atoms with Gasteiger partial charge in [0.05, 0.1) is 18.5 Å². The van der Waals surface area contributed by atoms with Crippen molar-refractivity contribution in [2.24, 2.45) is 0 Å². The first-order chi connectivity index (χ1) is 13.5. The Balaban J connectivity index is 1.91. The summed E-state index contributed by atoms with van der Waals surface area (Å²) in [7, 11) is 1.50. The van der Waals surface area contributed by atoms with E-state index in [0.717, 1.165) is 0 Å². The van der Waals surface area contributed by atoms with E-state index in [9.17, 15) is 9.50 Å². The van der Waals surface area contributed by atoms with Crippen LogP contribution in [0, 0.1) is 5.82 Å². The van der Waals surface area contributed by atoms with Gasteiger partial charge in [-0.25, -0.2) is 19.3 Å². The van der Waals surface area contributed by atoms with E-state index in [4.69, 9.17) is 10.5 Å². The van der Waals surface area contributed by atoms with Gasteiger partial charge in [-0.1, -0.05) is 0 Å². The van der Waals surface area contributed by atoms with E-state index < -0.39 is 0 Å². The Labute approximate surface area is 158 Å². The number of aromatic hydroxyl groups is 1. The van der Waals surface area contributed by atoms with Gasteiger partial charge in [0.2, 0.25) is 0 Å². The molecule has 0 saturated heterocycles. The quantitative estimate of drug-likeness (QED) is 0.499. The van der Waals surface area contributed by atoms with Crippen LogP contribution in [0.1, 0.15) is 0 Å². The largest absolute Gasteiger partial charge is 0.493 e. The van der Waals surface area contributed by atoms with Crippen LogP contribution in [0.15, 0.2) is 48.8 Å². The number of methoxy groups -OCH3 is 1. The lowest BCUT2D eigenvalue weighted by molar-refractivity contribution is 0.415. The smallest absolute Gasteiger partial charge is 0.314 e. The molecule has 4 rings (SSSR count). The van der Waals surface area contributed by atoms with Crippen LogP contribution >= 0.6 is 0 Å². The summed E-state index contributed by atoms with van der Waals surface area (Å²) in [5, 5.41) is 9.66. The number of aromatic nitrogens is 5. The molecule has 3 heterocycles. The molecule has 0 unspecified atom stereocenters. The minimum atomic E-state index is -0.372. The van der Waals surface area contributed by atoms with Crippen molar-refractivity contribution in [2.45, 2.75) is 0 Å². The van der Waals surface area contributed by atoms with Gasteiger partial charge in [-0.05, 0) is 36.4 Å². The summed E-state index contributed by atoms with van der Waals surface area (Å²) in [5.74, 6) is 0.820. The van der Waals surface area contributed by atoms with Crippen LogP contribution in [0.3, 0.4) is 0 Å². The number of nitrogens with zero attached hydrogens (tertiary/aromatic N) is 4. The fourth-order valence-electron chi connectivity index (χ4n) is 2.75. The molecule has 0 fully saturated rings. The molecule has 0 radical (unpaired) electrons. The van der Waals surface area contributed by atoms with Crippen molar-refractivity contribution in [1.82, 2.24) is 24.9 Å². The van der Waals surface area contributed by atoms with Gasteiger partial charge in [-0.2, -0.15) is 4.98 Å².